The highest BCUT2D eigenvalue weighted by atomic mass is 16.5. The SMILES string of the molecule is CCOc1ccc(C2CC(C(=O)N/N=C/c3ccccc3OCc3ccccc3)NN2)cc1. The number of ether oxygens (including phenoxy) is 2. The minimum absolute atomic E-state index is 0.0347. The Balaban J connectivity index is 1.29. The summed E-state index contributed by atoms with van der Waals surface area (Å²) in [4.78, 5) is 12.6. The van der Waals surface area contributed by atoms with Crippen LogP contribution >= 0.6 is 0 Å². The highest BCUT2D eigenvalue weighted by Crippen LogP contribution is 2.24. The fourth-order valence-electron chi connectivity index (χ4n) is 3.61. The maximum Gasteiger partial charge on any atom is 0.258 e. The van der Waals surface area contributed by atoms with E-state index in [1.165, 1.54) is 0 Å². The van der Waals surface area contributed by atoms with Crippen LogP contribution in [0.4, 0.5) is 0 Å². The van der Waals surface area contributed by atoms with Gasteiger partial charge in [0, 0.05) is 11.6 Å². The minimum atomic E-state index is -0.386. The molecule has 3 aromatic carbocycles. The summed E-state index contributed by atoms with van der Waals surface area (Å²) < 4.78 is 11.4. The number of para-hydroxylation sites is 1. The fraction of sp³-hybridized carbons (Fsp3) is 0.231. The Labute approximate surface area is 193 Å². The van der Waals surface area contributed by atoms with Crippen LogP contribution in [0.25, 0.3) is 0 Å². The van der Waals surface area contributed by atoms with Gasteiger partial charge in [-0.1, -0.05) is 54.6 Å². The number of nitrogens with one attached hydrogen (secondary N) is 3. The number of benzene rings is 3. The summed E-state index contributed by atoms with van der Waals surface area (Å²) in [6, 6.07) is 25.1. The predicted octanol–water partition coefficient (Wildman–Crippen LogP) is 3.72. The summed E-state index contributed by atoms with van der Waals surface area (Å²) in [5.74, 6) is 1.34. The Hall–Kier alpha value is -3.68. The van der Waals surface area contributed by atoms with Crippen molar-refractivity contribution in [2.75, 3.05) is 6.61 Å². The van der Waals surface area contributed by atoms with Crippen molar-refractivity contribution in [2.45, 2.75) is 32.0 Å². The molecule has 0 bridgehead atoms. The van der Waals surface area contributed by atoms with Crippen molar-refractivity contribution in [3.63, 3.8) is 0 Å². The van der Waals surface area contributed by atoms with Gasteiger partial charge in [0.25, 0.3) is 5.91 Å². The smallest absolute Gasteiger partial charge is 0.258 e. The molecule has 3 N–H and O–H groups in total. The number of hydrogen-bond acceptors (Lipinski definition) is 6. The summed E-state index contributed by atoms with van der Waals surface area (Å²) in [5.41, 5.74) is 11.8. The summed E-state index contributed by atoms with van der Waals surface area (Å²) in [7, 11) is 0. The van der Waals surface area contributed by atoms with E-state index in [0.29, 0.717) is 25.4 Å². The van der Waals surface area contributed by atoms with Crippen LogP contribution in [0.2, 0.25) is 0 Å². The topological polar surface area (TPSA) is 84.0 Å². The molecule has 7 nitrogen and oxygen atoms in total. The van der Waals surface area contributed by atoms with Gasteiger partial charge < -0.3 is 9.47 Å². The molecular formula is C26H28N4O3. The summed E-state index contributed by atoms with van der Waals surface area (Å²) in [6.45, 7) is 3.05. The molecule has 0 aromatic heterocycles. The number of hydrogen-bond donors (Lipinski definition) is 3. The fourth-order valence-corrected chi connectivity index (χ4v) is 3.61. The molecule has 2 unspecified atom stereocenters. The van der Waals surface area contributed by atoms with Crippen molar-refractivity contribution in [3.8, 4) is 11.5 Å². The van der Waals surface area contributed by atoms with Gasteiger partial charge in [0.05, 0.1) is 12.8 Å². The van der Waals surface area contributed by atoms with Gasteiger partial charge >= 0.3 is 0 Å². The number of nitrogens with zero attached hydrogens (tertiary/aromatic N) is 1. The standard InChI is InChI=1S/C26H28N4O3/c1-2-32-22-14-12-20(13-15-22)23-16-24(29-28-23)26(31)30-27-17-21-10-6-7-11-25(21)33-18-19-8-4-3-5-9-19/h3-15,17,23-24,28-29H,2,16,18H2,1H3,(H,30,31)/b27-17+. The van der Waals surface area contributed by atoms with Crippen molar-refractivity contribution in [2.24, 2.45) is 5.10 Å². The Morgan fingerprint density at radius 2 is 1.76 bits per heavy atom. The zero-order chi connectivity index (χ0) is 22.9. The second-order valence-electron chi connectivity index (χ2n) is 7.68. The zero-order valence-corrected chi connectivity index (χ0v) is 18.5. The lowest BCUT2D eigenvalue weighted by Gasteiger charge is -2.11. The lowest BCUT2D eigenvalue weighted by atomic mass is 10.0. The highest BCUT2D eigenvalue weighted by molar-refractivity contribution is 5.86. The van der Waals surface area contributed by atoms with Gasteiger partial charge in [0.2, 0.25) is 0 Å². The number of amides is 1. The molecule has 1 heterocycles. The van der Waals surface area contributed by atoms with Crippen LogP contribution in [-0.2, 0) is 11.4 Å². The van der Waals surface area contributed by atoms with E-state index in [1.54, 1.807) is 6.21 Å². The van der Waals surface area contributed by atoms with E-state index < -0.39 is 0 Å². The maximum absolute atomic E-state index is 12.6. The third kappa shape index (κ3) is 6.19. The molecule has 33 heavy (non-hydrogen) atoms. The molecule has 2 atom stereocenters. The number of carbonyl (C=O) groups is 1. The van der Waals surface area contributed by atoms with Gasteiger partial charge in [-0.2, -0.15) is 5.10 Å². The van der Waals surface area contributed by atoms with E-state index in [2.05, 4.69) is 21.4 Å². The van der Waals surface area contributed by atoms with Crippen LogP contribution in [0, 0.1) is 0 Å². The summed E-state index contributed by atoms with van der Waals surface area (Å²) in [5, 5.41) is 4.14. The van der Waals surface area contributed by atoms with Gasteiger partial charge in [-0.05, 0) is 48.7 Å². The number of carbonyl (C=O) groups excluding carboxylic acids is 1. The first kappa shape index (κ1) is 22.5. The molecule has 7 heteroatoms. The van der Waals surface area contributed by atoms with Crippen LogP contribution in [0.3, 0.4) is 0 Å². The van der Waals surface area contributed by atoms with Gasteiger partial charge in [0.1, 0.15) is 24.1 Å². The third-order valence-electron chi connectivity index (χ3n) is 5.35. The van der Waals surface area contributed by atoms with E-state index in [4.69, 9.17) is 9.47 Å². The zero-order valence-electron chi connectivity index (χ0n) is 18.5. The first-order valence-corrected chi connectivity index (χ1v) is 11.1. The van der Waals surface area contributed by atoms with Crippen molar-refractivity contribution < 1.29 is 14.3 Å². The van der Waals surface area contributed by atoms with Gasteiger partial charge in [-0.25, -0.2) is 16.3 Å². The Morgan fingerprint density at radius 3 is 2.55 bits per heavy atom. The van der Waals surface area contributed by atoms with E-state index in [1.807, 2.05) is 85.8 Å². The molecule has 1 aliphatic rings. The first-order valence-electron chi connectivity index (χ1n) is 11.1. The van der Waals surface area contributed by atoms with E-state index in [0.717, 1.165) is 22.4 Å². The highest BCUT2D eigenvalue weighted by Gasteiger charge is 2.30. The Morgan fingerprint density at radius 1 is 1.00 bits per heavy atom. The molecule has 0 spiro atoms. The van der Waals surface area contributed by atoms with Crippen LogP contribution in [0.1, 0.15) is 36.1 Å². The molecule has 4 rings (SSSR count). The number of hydrazone groups is 1. The van der Waals surface area contributed by atoms with Gasteiger partial charge in [-0.3, -0.25) is 4.79 Å². The van der Waals surface area contributed by atoms with Crippen LogP contribution in [-0.4, -0.2) is 24.8 Å². The number of hydrazine groups is 1. The largest absolute Gasteiger partial charge is 0.494 e. The van der Waals surface area contributed by atoms with Gasteiger partial charge in [0.15, 0.2) is 0 Å². The predicted molar refractivity (Wildman–Crippen MR) is 128 cm³/mol. The van der Waals surface area contributed by atoms with Crippen molar-refractivity contribution in [1.29, 1.82) is 0 Å². The second kappa shape index (κ2) is 11.3. The third-order valence-corrected chi connectivity index (χ3v) is 5.35. The number of rotatable bonds is 9. The Kier molecular flexibility index (Phi) is 7.68. The average Bonchev–Trinajstić information content (AvgIpc) is 3.35. The molecular weight excluding hydrogens is 416 g/mol. The lowest BCUT2D eigenvalue weighted by Crippen LogP contribution is -2.41. The summed E-state index contributed by atoms with van der Waals surface area (Å²) in [6.07, 6.45) is 2.22. The maximum atomic E-state index is 12.6. The van der Waals surface area contributed by atoms with Crippen LogP contribution in [0.15, 0.2) is 84.0 Å². The van der Waals surface area contributed by atoms with Crippen LogP contribution < -0.4 is 25.8 Å². The molecule has 1 aliphatic heterocycles. The average molecular weight is 445 g/mol. The molecule has 1 amide bonds. The summed E-state index contributed by atoms with van der Waals surface area (Å²) >= 11 is 0. The molecule has 0 saturated carbocycles. The quantitative estimate of drug-likeness (QED) is 0.346. The van der Waals surface area contributed by atoms with E-state index in [9.17, 15) is 4.79 Å². The molecule has 1 saturated heterocycles. The van der Waals surface area contributed by atoms with E-state index >= 15 is 0 Å². The lowest BCUT2D eigenvalue weighted by molar-refractivity contribution is -0.122. The molecule has 1 fully saturated rings. The van der Waals surface area contributed by atoms with E-state index in [-0.39, 0.29) is 18.0 Å². The van der Waals surface area contributed by atoms with Crippen molar-refractivity contribution in [1.82, 2.24) is 16.3 Å². The molecule has 170 valence electrons. The second-order valence-corrected chi connectivity index (χ2v) is 7.68. The van der Waals surface area contributed by atoms with Crippen molar-refractivity contribution in [3.05, 3.63) is 95.6 Å². The van der Waals surface area contributed by atoms with Gasteiger partial charge in [-0.15, -0.1) is 0 Å². The molecule has 0 radical (unpaired) electrons. The van der Waals surface area contributed by atoms with Crippen LogP contribution in [0.5, 0.6) is 11.5 Å². The Bertz CT molecular complexity index is 1070. The minimum Gasteiger partial charge on any atom is -0.494 e. The monoisotopic (exact) mass is 444 g/mol. The molecule has 3 aromatic rings. The van der Waals surface area contributed by atoms with Crippen molar-refractivity contribution >= 4 is 12.1 Å². The first-order chi connectivity index (χ1) is 16.2. The molecule has 0 aliphatic carbocycles. The normalized spacial score (nSPS) is 17.7.